The van der Waals surface area contributed by atoms with Crippen LogP contribution in [0.25, 0.3) is 0 Å². The zero-order valence-corrected chi connectivity index (χ0v) is 11.6. The zero-order valence-electron chi connectivity index (χ0n) is 11.6. The standard InChI is InChI=1S/C15H28O/c1-8-14(15(6,7)11(2)3)13(5)9-12(4)10-16/h12,14,16H,2,5,8-10H2,1,3-4,6-7H3/t12?,14-/m1/s1. The largest absolute Gasteiger partial charge is 0.396 e. The predicted octanol–water partition coefficient (Wildman–Crippen LogP) is 4.19. The molecule has 0 rings (SSSR count). The van der Waals surface area contributed by atoms with Gasteiger partial charge in [-0.15, -0.1) is 0 Å². The zero-order chi connectivity index (χ0) is 12.9. The minimum absolute atomic E-state index is 0.0982. The molecule has 0 radical (unpaired) electrons. The van der Waals surface area contributed by atoms with Gasteiger partial charge < -0.3 is 5.11 Å². The summed E-state index contributed by atoms with van der Waals surface area (Å²) in [6.07, 6.45) is 1.99. The van der Waals surface area contributed by atoms with Gasteiger partial charge in [0.2, 0.25) is 0 Å². The summed E-state index contributed by atoms with van der Waals surface area (Å²) in [7, 11) is 0. The Morgan fingerprint density at radius 3 is 2.12 bits per heavy atom. The van der Waals surface area contributed by atoms with Gasteiger partial charge in [-0.3, -0.25) is 0 Å². The van der Waals surface area contributed by atoms with E-state index in [1.165, 1.54) is 11.1 Å². The van der Waals surface area contributed by atoms with E-state index >= 15 is 0 Å². The van der Waals surface area contributed by atoms with E-state index in [0.717, 1.165) is 12.8 Å². The van der Waals surface area contributed by atoms with E-state index in [9.17, 15) is 0 Å². The molecule has 0 amide bonds. The van der Waals surface area contributed by atoms with Gasteiger partial charge in [-0.1, -0.05) is 52.0 Å². The second-order valence-corrected chi connectivity index (χ2v) is 5.61. The topological polar surface area (TPSA) is 20.2 Å². The first-order valence-electron chi connectivity index (χ1n) is 6.21. The third-order valence-electron chi connectivity index (χ3n) is 3.79. The molecular weight excluding hydrogens is 196 g/mol. The van der Waals surface area contributed by atoms with E-state index in [-0.39, 0.29) is 12.0 Å². The van der Waals surface area contributed by atoms with Gasteiger partial charge in [-0.2, -0.15) is 0 Å². The minimum atomic E-state index is 0.0982. The Hall–Kier alpha value is -0.560. The lowest BCUT2D eigenvalue weighted by molar-refractivity contribution is 0.224. The molecule has 0 fully saturated rings. The summed E-state index contributed by atoms with van der Waals surface area (Å²) in [5.41, 5.74) is 2.55. The fourth-order valence-electron chi connectivity index (χ4n) is 2.26. The van der Waals surface area contributed by atoms with E-state index in [4.69, 9.17) is 5.11 Å². The van der Waals surface area contributed by atoms with Gasteiger partial charge in [0, 0.05) is 6.61 Å². The average molecular weight is 224 g/mol. The Labute approximate surface area is 101 Å². The molecule has 0 spiro atoms. The molecule has 0 saturated heterocycles. The number of hydrogen-bond donors (Lipinski definition) is 1. The number of hydrogen-bond acceptors (Lipinski definition) is 1. The third-order valence-corrected chi connectivity index (χ3v) is 3.79. The second-order valence-electron chi connectivity index (χ2n) is 5.61. The predicted molar refractivity (Wildman–Crippen MR) is 72.4 cm³/mol. The van der Waals surface area contributed by atoms with Crippen LogP contribution in [-0.2, 0) is 0 Å². The van der Waals surface area contributed by atoms with Crippen LogP contribution >= 0.6 is 0 Å². The van der Waals surface area contributed by atoms with Crippen LogP contribution in [-0.4, -0.2) is 11.7 Å². The van der Waals surface area contributed by atoms with Crippen molar-refractivity contribution in [2.75, 3.05) is 6.61 Å². The molecule has 0 bridgehead atoms. The molecule has 0 heterocycles. The minimum Gasteiger partial charge on any atom is -0.396 e. The highest BCUT2D eigenvalue weighted by atomic mass is 16.3. The van der Waals surface area contributed by atoms with E-state index in [2.05, 4.69) is 47.8 Å². The summed E-state index contributed by atoms with van der Waals surface area (Å²) >= 11 is 0. The Bertz CT molecular complexity index is 250. The van der Waals surface area contributed by atoms with Crippen LogP contribution in [0.4, 0.5) is 0 Å². The maximum Gasteiger partial charge on any atom is 0.0459 e. The first kappa shape index (κ1) is 15.4. The first-order chi connectivity index (χ1) is 7.27. The fourth-order valence-corrected chi connectivity index (χ4v) is 2.26. The van der Waals surface area contributed by atoms with Gasteiger partial charge in [0.1, 0.15) is 0 Å². The second kappa shape index (κ2) is 6.24. The molecule has 0 aromatic heterocycles. The molecule has 94 valence electrons. The summed E-state index contributed by atoms with van der Waals surface area (Å²) in [5.74, 6) is 0.765. The summed E-state index contributed by atoms with van der Waals surface area (Å²) < 4.78 is 0. The van der Waals surface area contributed by atoms with Crippen molar-refractivity contribution < 1.29 is 5.11 Å². The lowest BCUT2D eigenvalue weighted by atomic mass is 9.68. The van der Waals surface area contributed by atoms with Gasteiger partial charge in [0.05, 0.1) is 0 Å². The summed E-state index contributed by atoms with van der Waals surface area (Å²) in [6, 6.07) is 0. The van der Waals surface area contributed by atoms with Gasteiger partial charge in [-0.05, 0) is 37.0 Å². The van der Waals surface area contributed by atoms with Gasteiger partial charge in [-0.25, -0.2) is 0 Å². The molecule has 0 aromatic rings. The smallest absolute Gasteiger partial charge is 0.0459 e. The molecule has 16 heavy (non-hydrogen) atoms. The van der Waals surface area contributed by atoms with Crippen molar-refractivity contribution in [3.05, 3.63) is 24.3 Å². The van der Waals surface area contributed by atoms with Crippen LogP contribution in [0.2, 0.25) is 0 Å². The molecule has 1 N–H and O–H groups in total. The molecule has 0 aliphatic rings. The monoisotopic (exact) mass is 224 g/mol. The number of aliphatic hydroxyl groups excluding tert-OH is 1. The molecule has 1 unspecified atom stereocenters. The van der Waals surface area contributed by atoms with Crippen LogP contribution in [0.3, 0.4) is 0 Å². The summed E-state index contributed by atoms with van der Waals surface area (Å²) in [4.78, 5) is 0. The van der Waals surface area contributed by atoms with Crippen molar-refractivity contribution in [1.82, 2.24) is 0 Å². The van der Waals surface area contributed by atoms with Crippen molar-refractivity contribution in [3.8, 4) is 0 Å². The Morgan fingerprint density at radius 2 is 1.81 bits per heavy atom. The normalized spacial score (nSPS) is 15.6. The highest BCUT2D eigenvalue weighted by molar-refractivity contribution is 5.16. The fraction of sp³-hybridized carbons (Fsp3) is 0.733. The summed E-state index contributed by atoms with van der Waals surface area (Å²) in [6.45, 7) is 19.4. The van der Waals surface area contributed by atoms with Crippen LogP contribution in [0, 0.1) is 17.3 Å². The highest BCUT2D eigenvalue weighted by Gasteiger charge is 2.30. The maximum absolute atomic E-state index is 9.09. The van der Waals surface area contributed by atoms with Gasteiger partial charge >= 0.3 is 0 Å². The van der Waals surface area contributed by atoms with Gasteiger partial charge in [0.15, 0.2) is 0 Å². The highest BCUT2D eigenvalue weighted by Crippen LogP contribution is 2.41. The van der Waals surface area contributed by atoms with Crippen molar-refractivity contribution in [2.24, 2.45) is 17.3 Å². The Morgan fingerprint density at radius 1 is 1.31 bits per heavy atom. The van der Waals surface area contributed by atoms with E-state index < -0.39 is 0 Å². The van der Waals surface area contributed by atoms with Crippen LogP contribution in [0.5, 0.6) is 0 Å². The van der Waals surface area contributed by atoms with E-state index in [0.29, 0.717) is 11.8 Å². The third kappa shape index (κ3) is 3.79. The van der Waals surface area contributed by atoms with Crippen LogP contribution in [0.1, 0.15) is 47.5 Å². The SMILES string of the molecule is C=C(CC(C)CO)[C@@H](CC)C(C)(C)C(=C)C. The first-order valence-corrected chi connectivity index (χ1v) is 6.21. The summed E-state index contributed by atoms with van der Waals surface area (Å²) in [5, 5.41) is 9.09. The molecule has 0 aliphatic heterocycles. The lowest BCUT2D eigenvalue weighted by Crippen LogP contribution is -2.27. The lowest BCUT2D eigenvalue weighted by Gasteiger charge is -2.36. The Kier molecular flexibility index (Phi) is 6.02. The number of aliphatic hydroxyl groups is 1. The molecule has 0 saturated carbocycles. The molecule has 1 nitrogen and oxygen atoms in total. The number of rotatable bonds is 7. The number of allylic oxidation sites excluding steroid dienone is 2. The van der Waals surface area contributed by atoms with Crippen molar-refractivity contribution >= 4 is 0 Å². The van der Waals surface area contributed by atoms with Crippen LogP contribution in [0.15, 0.2) is 24.3 Å². The van der Waals surface area contributed by atoms with Gasteiger partial charge in [0.25, 0.3) is 0 Å². The molecule has 1 heteroatoms. The van der Waals surface area contributed by atoms with Crippen molar-refractivity contribution in [1.29, 1.82) is 0 Å². The maximum atomic E-state index is 9.09. The van der Waals surface area contributed by atoms with E-state index in [1.807, 2.05) is 0 Å². The molecule has 0 aromatic carbocycles. The van der Waals surface area contributed by atoms with Crippen LogP contribution < -0.4 is 0 Å². The average Bonchev–Trinajstić information content (AvgIpc) is 2.17. The molecular formula is C15H28O. The molecule has 0 aliphatic carbocycles. The Balaban J connectivity index is 4.74. The van der Waals surface area contributed by atoms with Crippen molar-refractivity contribution in [2.45, 2.75) is 47.5 Å². The van der Waals surface area contributed by atoms with Crippen molar-refractivity contribution in [3.63, 3.8) is 0 Å². The molecule has 2 atom stereocenters. The quantitative estimate of drug-likeness (QED) is 0.643. The van der Waals surface area contributed by atoms with E-state index in [1.54, 1.807) is 0 Å².